The van der Waals surface area contributed by atoms with Gasteiger partial charge in [0.25, 0.3) is 0 Å². The fourth-order valence-corrected chi connectivity index (χ4v) is 11.3. The number of carbonyl (C=O) groups is 9. The average Bonchev–Trinajstić information content (AvgIpc) is 1.72. The molecule has 18 nitrogen and oxygen atoms in total. The maximum atomic E-state index is 11.4. The molecule has 0 saturated carbocycles. The Morgan fingerprint density at radius 2 is 0.465 bits per heavy atom. The second-order valence-electron chi connectivity index (χ2n) is 26.0. The van der Waals surface area contributed by atoms with Gasteiger partial charge in [0.05, 0.1) is 53.2 Å². The van der Waals surface area contributed by atoms with Gasteiger partial charge in [0, 0.05) is 17.8 Å². The van der Waals surface area contributed by atoms with Crippen molar-refractivity contribution in [1.29, 1.82) is 0 Å². The number of nitrogens with zero attached hydrogens (tertiary/aromatic N) is 9. The van der Waals surface area contributed by atoms with E-state index < -0.39 is 17.7 Å². The third-order valence-electron chi connectivity index (χ3n) is 18.0. The molecule has 3 saturated heterocycles. The summed E-state index contributed by atoms with van der Waals surface area (Å²) in [4.78, 5) is 101. The predicted molar refractivity (Wildman–Crippen MR) is 518 cm³/mol. The van der Waals surface area contributed by atoms with Crippen LogP contribution in [-0.2, 0) is 75.4 Å². The molecule has 0 N–H and O–H groups in total. The van der Waals surface area contributed by atoms with Gasteiger partial charge in [0.2, 0.25) is 0 Å². The Balaban J connectivity index is -0.0000000775. The summed E-state index contributed by atoms with van der Waals surface area (Å²) in [5, 5.41) is 35.6. The number of rotatable bonds is 0. The van der Waals surface area contributed by atoms with Crippen molar-refractivity contribution < 1.29 is 567 Å². The van der Waals surface area contributed by atoms with Crippen LogP contribution in [0.3, 0.4) is 0 Å². The number of hydrogen-bond donors (Lipinski definition) is 0. The van der Waals surface area contributed by atoms with Crippen molar-refractivity contribution in [2.45, 2.75) is 350 Å². The molecule has 8 heterocycles. The number of aryl methyl sites for hydroxylation is 2. The van der Waals surface area contributed by atoms with E-state index in [4.69, 9.17) is 0 Å². The zero-order chi connectivity index (χ0) is 93.4. The third kappa shape index (κ3) is 83.1. The summed E-state index contributed by atoms with van der Waals surface area (Å²) in [6.07, 6.45) is 19.2. The molecule has 8 aliphatic rings. The Kier molecular flexibility index (Phi) is 166. The minimum Gasteiger partial charge on any atom is -0.653 e. The maximum absolute atomic E-state index is 11.4. The van der Waals surface area contributed by atoms with Crippen LogP contribution in [-0.4, -0.2) is 79.3 Å². The van der Waals surface area contributed by atoms with Crippen LogP contribution in [0, 0.1) is 41.4 Å². The Labute approximate surface area is 1230 Å². The molecule has 7 unspecified atom stereocenters. The Morgan fingerprint density at radius 1 is 0.209 bits per heavy atom. The Morgan fingerprint density at radius 3 is 0.829 bits per heavy atom. The van der Waals surface area contributed by atoms with E-state index in [-0.39, 0.29) is 606 Å². The monoisotopic (exact) mass is 2430 g/mol. The van der Waals surface area contributed by atoms with E-state index in [9.17, 15) is 43.2 Å². The fraction of sp³-hybridized carbons (Fsp3) is 0.618. The molecule has 0 aliphatic carbocycles. The van der Waals surface area contributed by atoms with Crippen molar-refractivity contribution in [2.24, 2.45) is 41.4 Å². The van der Waals surface area contributed by atoms with E-state index in [1.807, 2.05) is 300 Å². The molecule has 129 heavy (non-hydrogen) atoms. The average molecular weight is 2440 g/mol. The SMILES string of the molecule is CC.CC.CC.CC.CC.CC.CC.CC.CC.CC.CC.CC.CC1C(=O)[N-]CCc2ccccc21.CC1C(=O)[N-]c2ccccc2[N-]C1=O.CC1CCCCCC[N-]C1=O.CC1CCCCC[N-]C1=O.CC1CCCC[N-]C1=O.CC1CCc2ccccc2[N-]C1=O.CC1CCc2ccccc2[N-]C1=O.CC1Cc2ccccc2C[N-]C1=O.[Rb+].[Rb+].[Rb+].[Rb+].[Rb+].[Rb+].[Rb+].[Rb+].[Rb+]. The maximum Gasteiger partial charge on any atom is 1.00 e. The van der Waals surface area contributed by atoms with E-state index in [0.29, 0.717) is 24.5 Å². The van der Waals surface area contributed by atoms with Gasteiger partial charge in [-0.2, -0.15) is 0 Å². The molecule has 5 aromatic rings. The van der Waals surface area contributed by atoms with Crippen molar-refractivity contribution >= 4 is 75.9 Å². The van der Waals surface area contributed by atoms with Gasteiger partial charge in [0.15, 0.2) is 0 Å². The quantitative estimate of drug-likeness (QED) is 0.201. The van der Waals surface area contributed by atoms with Gasteiger partial charge in [-0.05, 0) is 104 Å². The number of para-hydroxylation sites is 4. The predicted octanol–water partition coefficient (Wildman–Crippen LogP) is 4.17. The van der Waals surface area contributed by atoms with Crippen LogP contribution in [0.4, 0.5) is 22.7 Å². The third-order valence-corrected chi connectivity index (χ3v) is 18.0. The number of fused-ring (bicyclic) bond motifs is 5. The second-order valence-corrected chi connectivity index (χ2v) is 26.0. The molecule has 5 aromatic carbocycles. The molecule has 27 heteroatoms. The molecular formula is C102H170N9O9Rb9. The van der Waals surface area contributed by atoms with Gasteiger partial charge >= 0.3 is 524 Å². The summed E-state index contributed by atoms with van der Waals surface area (Å²) in [5.41, 5.74) is 9.92. The smallest absolute Gasteiger partial charge is 0.653 e. The summed E-state index contributed by atoms with van der Waals surface area (Å²) < 4.78 is 0. The number of hydrogen-bond acceptors (Lipinski definition) is 9. The van der Waals surface area contributed by atoms with Gasteiger partial charge in [0.1, 0.15) is 0 Å². The van der Waals surface area contributed by atoms with Gasteiger partial charge in [-0.15, -0.1) is 55.5 Å². The molecule has 9 amide bonds. The largest absolute Gasteiger partial charge is 1.00 e. The van der Waals surface area contributed by atoms with Crippen LogP contribution in [0.25, 0.3) is 47.9 Å². The van der Waals surface area contributed by atoms with Crippen LogP contribution in [0.1, 0.15) is 351 Å². The fourth-order valence-electron chi connectivity index (χ4n) is 11.3. The first kappa shape index (κ1) is 173. The zero-order valence-corrected chi connectivity index (χ0v) is 135. The Hall–Kier alpha value is 7.58. The summed E-state index contributed by atoms with van der Waals surface area (Å²) in [7, 11) is 0. The molecule has 13 rings (SSSR count). The summed E-state index contributed by atoms with van der Waals surface area (Å²) in [6, 6.07) is 38.8. The molecule has 3 fully saturated rings. The van der Waals surface area contributed by atoms with Crippen molar-refractivity contribution in [3.63, 3.8) is 0 Å². The number of carbonyl (C=O) groups excluding carboxylic acids is 9. The van der Waals surface area contributed by atoms with Crippen LogP contribution in [0.2, 0.25) is 0 Å². The molecule has 8 aliphatic heterocycles. The van der Waals surface area contributed by atoms with E-state index in [1.165, 1.54) is 66.8 Å². The number of amides is 9. The first-order valence-corrected chi connectivity index (χ1v) is 46.7. The van der Waals surface area contributed by atoms with E-state index >= 15 is 0 Å². The topological polar surface area (TPSA) is 281 Å². The first-order chi connectivity index (χ1) is 58.2. The summed E-state index contributed by atoms with van der Waals surface area (Å²) >= 11 is 0. The van der Waals surface area contributed by atoms with Gasteiger partial charge in [-0.1, -0.05) is 417 Å². The second kappa shape index (κ2) is 124. The molecule has 686 valence electrons. The van der Waals surface area contributed by atoms with Crippen LogP contribution >= 0.6 is 0 Å². The zero-order valence-electron chi connectivity index (χ0n) is 90.6. The normalized spacial score (nSPS) is 17.7. The van der Waals surface area contributed by atoms with Gasteiger partial charge < -0.3 is 91.0 Å². The van der Waals surface area contributed by atoms with Crippen molar-refractivity contribution in [1.82, 2.24) is 0 Å². The molecular weight excluding hydrogens is 2260 g/mol. The Bertz CT molecular complexity index is 3320. The first-order valence-electron chi connectivity index (χ1n) is 46.7. The van der Waals surface area contributed by atoms with Gasteiger partial charge in [-0.25, -0.2) is 0 Å². The minimum absolute atomic E-state index is 0. The van der Waals surface area contributed by atoms with E-state index in [2.05, 4.69) is 60.0 Å². The van der Waals surface area contributed by atoms with Crippen LogP contribution in [0.15, 0.2) is 121 Å². The minimum atomic E-state index is -0.762. The number of benzene rings is 5. The molecule has 0 aromatic heterocycles. The molecule has 0 bridgehead atoms. The van der Waals surface area contributed by atoms with Crippen molar-refractivity contribution in [3.05, 3.63) is 203 Å². The summed E-state index contributed by atoms with van der Waals surface area (Å²) in [6.45, 7) is 66.6. The standard InChI is InChI=1S/4C11H13NO.C10H10N2O2.C9H17NO.C8H15NO.C7H13NO.12C2H6.9Rb/c1-8-6-9-4-2-3-5-10(9)7-12-11(8)13;1-8-10-5-3-2-4-9(10)6-7-12-11(8)13;2*1-8-6-7-9-4-2-3-5-10(9)12-11(8)13;1-6-9(13)11-7-4-2-3-5-8(7)12-10(6)14;1-8-6-4-2-3-5-7-10-9(8)11;1-7-5-3-2-4-6-9-8(7)10;1-6-4-2-3-5-8-7(6)9;12*1-2;;;;;;;;;/h4*2-5,8H,6-7H2,1H3,(H,12,13);2-6H,1H3,(H2,11,12,13,14);8H,2-7H2,1H3,(H,10,11);7H,2-6H2,1H3,(H,9,10);6H,2-5H2,1H3,(H,8,9);12*1-2H3;;;;;;;;;/q;;;;;;;;;;;;;;;;;;;;9*+1/p-9. The van der Waals surface area contributed by atoms with E-state index in [0.717, 1.165) is 120 Å². The summed E-state index contributed by atoms with van der Waals surface area (Å²) in [5.74, 6) is -0.506. The van der Waals surface area contributed by atoms with Crippen molar-refractivity contribution in [2.75, 3.05) is 26.2 Å². The molecule has 7 atom stereocenters. The van der Waals surface area contributed by atoms with E-state index in [1.54, 1.807) is 24.3 Å². The van der Waals surface area contributed by atoms with Crippen molar-refractivity contribution in [3.8, 4) is 0 Å². The van der Waals surface area contributed by atoms with Gasteiger partial charge in [-0.3, -0.25) is 0 Å². The van der Waals surface area contributed by atoms with Crippen LogP contribution < -0.4 is 524 Å². The molecule has 0 spiro atoms. The van der Waals surface area contributed by atoms with Crippen LogP contribution in [0.5, 0.6) is 0 Å². The molecule has 0 radical (unpaired) electrons.